The fourth-order valence-electron chi connectivity index (χ4n) is 2.03. The van der Waals surface area contributed by atoms with Crippen molar-refractivity contribution in [3.63, 3.8) is 0 Å². The monoisotopic (exact) mass is 267 g/mol. The van der Waals surface area contributed by atoms with E-state index in [0.29, 0.717) is 11.0 Å². The molecule has 3 N–H and O–H groups in total. The van der Waals surface area contributed by atoms with E-state index in [1.807, 2.05) is 24.8 Å². The smallest absolute Gasteiger partial charge is 0.136 e. The van der Waals surface area contributed by atoms with Crippen molar-refractivity contribution in [2.45, 2.75) is 25.8 Å². The zero-order chi connectivity index (χ0) is 12.3. The zero-order valence-electron chi connectivity index (χ0n) is 9.90. The minimum atomic E-state index is 0.418. The molecule has 0 aliphatic carbocycles. The highest BCUT2D eigenvalue weighted by Gasteiger charge is 2.17. The third-order valence-corrected chi connectivity index (χ3v) is 4.33. The number of aryl methyl sites for hydroxylation is 1. The second-order valence-corrected chi connectivity index (χ2v) is 5.86. The molecule has 1 unspecified atom stereocenters. The summed E-state index contributed by atoms with van der Waals surface area (Å²) in [6.07, 6.45) is 4.26. The van der Waals surface area contributed by atoms with Crippen molar-refractivity contribution >= 4 is 34.8 Å². The van der Waals surface area contributed by atoms with Gasteiger partial charge in [-0.2, -0.15) is 11.8 Å². The molecule has 1 aliphatic heterocycles. The molecule has 3 nitrogen and oxygen atoms in total. The summed E-state index contributed by atoms with van der Waals surface area (Å²) < 4.78 is 0. The molecule has 1 aliphatic rings. The van der Waals surface area contributed by atoms with Crippen molar-refractivity contribution < 1.29 is 0 Å². The first kappa shape index (κ1) is 12.6. The summed E-state index contributed by atoms with van der Waals surface area (Å²) in [6, 6.07) is 2.42. The highest BCUT2D eigenvalue weighted by molar-refractivity contribution is 7.99. The maximum Gasteiger partial charge on any atom is 0.136 e. The van der Waals surface area contributed by atoms with Crippen molar-refractivity contribution in [2.24, 2.45) is 5.73 Å². The van der Waals surface area contributed by atoms with E-state index in [4.69, 9.17) is 18.0 Å². The molecular weight excluding hydrogens is 250 g/mol. The van der Waals surface area contributed by atoms with Crippen LogP contribution in [0.5, 0.6) is 0 Å². The van der Waals surface area contributed by atoms with E-state index in [2.05, 4.69) is 10.3 Å². The number of hydrogen-bond acceptors (Lipinski definition) is 4. The second-order valence-electron chi connectivity index (χ2n) is 4.27. The number of pyridine rings is 1. The molecule has 5 heteroatoms. The van der Waals surface area contributed by atoms with Crippen LogP contribution in [0, 0.1) is 6.92 Å². The number of anilines is 1. The quantitative estimate of drug-likeness (QED) is 0.823. The first-order chi connectivity index (χ1) is 8.18. The summed E-state index contributed by atoms with van der Waals surface area (Å²) in [4.78, 5) is 4.79. The van der Waals surface area contributed by atoms with Crippen LogP contribution >= 0.6 is 24.0 Å². The van der Waals surface area contributed by atoms with Gasteiger partial charge in [0.1, 0.15) is 10.8 Å². The minimum absolute atomic E-state index is 0.418. The predicted molar refractivity (Wildman–Crippen MR) is 78.8 cm³/mol. The second kappa shape index (κ2) is 5.69. The summed E-state index contributed by atoms with van der Waals surface area (Å²) in [5, 5.41) is 3.47. The van der Waals surface area contributed by atoms with Crippen LogP contribution in [0.4, 0.5) is 5.82 Å². The van der Waals surface area contributed by atoms with Crippen molar-refractivity contribution in [1.29, 1.82) is 0 Å². The molecule has 1 aromatic rings. The third-order valence-electron chi connectivity index (χ3n) is 2.91. The van der Waals surface area contributed by atoms with E-state index >= 15 is 0 Å². The normalized spacial score (nSPS) is 19.9. The van der Waals surface area contributed by atoms with Crippen molar-refractivity contribution in [3.05, 3.63) is 23.4 Å². The van der Waals surface area contributed by atoms with Gasteiger partial charge in [0.05, 0.1) is 5.56 Å². The van der Waals surface area contributed by atoms with Crippen LogP contribution in [0.25, 0.3) is 0 Å². The molecule has 1 fully saturated rings. The molecule has 0 aromatic carbocycles. The van der Waals surface area contributed by atoms with E-state index in [9.17, 15) is 0 Å². The molecule has 17 heavy (non-hydrogen) atoms. The van der Waals surface area contributed by atoms with Crippen LogP contribution in [-0.4, -0.2) is 27.5 Å². The molecule has 0 radical (unpaired) electrons. The van der Waals surface area contributed by atoms with E-state index in [1.165, 1.54) is 18.6 Å². The number of hydrogen-bond donors (Lipinski definition) is 2. The number of thiocarbonyl (C=S) groups is 1. The van der Waals surface area contributed by atoms with Crippen LogP contribution in [-0.2, 0) is 0 Å². The Kier molecular flexibility index (Phi) is 4.23. The topological polar surface area (TPSA) is 50.9 Å². The summed E-state index contributed by atoms with van der Waals surface area (Å²) in [5.74, 6) is 3.23. The molecule has 0 spiro atoms. The van der Waals surface area contributed by atoms with Crippen LogP contribution in [0.15, 0.2) is 12.3 Å². The zero-order valence-corrected chi connectivity index (χ0v) is 11.5. The maximum absolute atomic E-state index is 5.77. The lowest BCUT2D eigenvalue weighted by atomic mass is 10.1. The van der Waals surface area contributed by atoms with Gasteiger partial charge >= 0.3 is 0 Å². The Bertz CT molecular complexity index is 414. The lowest BCUT2D eigenvalue weighted by molar-refractivity contribution is 0.682. The van der Waals surface area contributed by atoms with Gasteiger partial charge in [0.25, 0.3) is 0 Å². The molecule has 2 heterocycles. The predicted octanol–water partition coefficient (Wildman–Crippen LogP) is 2.33. The van der Waals surface area contributed by atoms with Crippen molar-refractivity contribution in [2.75, 3.05) is 16.8 Å². The number of thioether (sulfide) groups is 1. The Hall–Kier alpha value is -0.810. The van der Waals surface area contributed by atoms with Gasteiger partial charge in [-0.1, -0.05) is 12.2 Å². The SMILES string of the molecule is Cc1ccnc(NC2CCCSC2)c1C(N)=S. The average Bonchev–Trinajstić information content (AvgIpc) is 2.30. The minimum Gasteiger partial charge on any atom is -0.389 e. The van der Waals surface area contributed by atoms with Gasteiger partial charge in [-0.05, 0) is 37.1 Å². The Balaban J connectivity index is 2.19. The van der Waals surface area contributed by atoms with Crippen LogP contribution in [0.2, 0.25) is 0 Å². The first-order valence-electron chi connectivity index (χ1n) is 5.78. The number of nitrogens with one attached hydrogen (secondary N) is 1. The summed E-state index contributed by atoms with van der Waals surface area (Å²) in [7, 11) is 0. The van der Waals surface area contributed by atoms with E-state index in [0.717, 1.165) is 22.7 Å². The van der Waals surface area contributed by atoms with Gasteiger partial charge in [-0.3, -0.25) is 0 Å². The molecule has 1 aromatic heterocycles. The molecule has 1 atom stereocenters. The van der Waals surface area contributed by atoms with Gasteiger partial charge in [-0.25, -0.2) is 4.98 Å². The van der Waals surface area contributed by atoms with Crippen LogP contribution < -0.4 is 11.1 Å². The Morgan fingerprint density at radius 3 is 3.12 bits per heavy atom. The van der Waals surface area contributed by atoms with Crippen molar-refractivity contribution in [3.8, 4) is 0 Å². The summed E-state index contributed by atoms with van der Waals surface area (Å²) in [6.45, 7) is 2.01. The number of aromatic nitrogens is 1. The fraction of sp³-hybridized carbons (Fsp3) is 0.500. The van der Waals surface area contributed by atoms with E-state index < -0.39 is 0 Å². The Labute approximate surface area is 112 Å². The first-order valence-corrected chi connectivity index (χ1v) is 7.34. The number of rotatable bonds is 3. The van der Waals surface area contributed by atoms with Gasteiger partial charge < -0.3 is 11.1 Å². The van der Waals surface area contributed by atoms with Crippen LogP contribution in [0.1, 0.15) is 24.0 Å². The van der Waals surface area contributed by atoms with Gasteiger partial charge in [-0.15, -0.1) is 0 Å². The van der Waals surface area contributed by atoms with Gasteiger partial charge in [0.2, 0.25) is 0 Å². The molecule has 1 saturated heterocycles. The Morgan fingerprint density at radius 1 is 1.65 bits per heavy atom. The molecule has 0 amide bonds. The Morgan fingerprint density at radius 2 is 2.47 bits per heavy atom. The van der Waals surface area contributed by atoms with Crippen LogP contribution in [0.3, 0.4) is 0 Å². The largest absolute Gasteiger partial charge is 0.389 e. The average molecular weight is 267 g/mol. The molecule has 92 valence electrons. The highest BCUT2D eigenvalue weighted by atomic mass is 32.2. The molecule has 2 rings (SSSR count). The fourth-order valence-corrected chi connectivity index (χ4v) is 3.36. The molecular formula is C12H17N3S2. The summed E-state index contributed by atoms with van der Waals surface area (Å²) in [5.41, 5.74) is 7.74. The van der Waals surface area contributed by atoms with Gasteiger partial charge in [0, 0.05) is 18.0 Å². The number of nitrogens with two attached hydrogens (primary N) is 1. The van der Waals surface area contributed by atoms with E-state index in [-0.39, 0.29) is 0 Å². The molecule has 0 bridgehead atoms. The van der Waals surface area contributed by atoms with E-state index in [1.54, 1.807) is 6.20 Å². The highest BCUT2D eigenvalue weighted by Crippen LogP contribution is 2.23. The maximum atomic E-state index is 5.77. The third kappa shape index (κ3) is 3.10. The van der Waals surface area contributed by atoms with Gasteiger partial charge in [0.15, 0.2) is 0 Å². The molecule has 0 saturated carbocycles. The lowest BCUT2D eigenvalue weighted by Crippen LogP contribution is -2.28. The standard InChI is InChI=1S/C12H17N3S2/c1-8-4-5-14-12(10(8)11(13)16)15-9-3-2-6-17-7-9/h4-5,9H,2-3,6-7H2,1H3,(H2,13,16)(H,14,15). The lowest BCUT2D eigenvalue weighted by Gasteiger charge is -2.24. The van der Waals surface area contributed by atoms with Crippen molar-refractivity contribution in [1.82, 2.24) is 4.98 Å². The summed E-state index contributed by atoms with van der Waals surface area (Å²) >= 11 is 7.08. The number of nitrogens with zero attached hydrogens (tertiary/aromatic N) is 1.